The van der Waals surface area contributed by atoms with E-state index in [0.717, 1.165) is 27.0 Å². The van der Waals surface area contributed by atoms with E-state index in [1.165, 1.54) is 5.56 Å². The van der Waals surface area contributed by atoms with E-state index in [1.807, 2.05) is 45.0 Å². The highest BCUT2D eigenvalue weighted by molar-refractivity contribution is 9.10. The molecular formula is C18H21BrN2O2. The summed E-state index contributed by atoms with van der Waals surface area (Å²) in [6.07, 6.45) is 0. The lowest BCUT2D eigenvalue weighted by Crippen LogP contribution is -2.32. The van der Waals surface area contributed by atoms with Crippen molar-refractivity contribution in [1.29, 1.82) is 0 Å². The Morgan fingerprint density at radius 3 is 2.48 bits per heavy atom. The first-order valence-corrected chi connectivity index (χ1v) is 8.26. The molecule has 23 heavy (non-hydrogen) atoms. The molecule has 0 bridgehead atoms. The average molecular weight is 377 g/mol. The number of aryl methyl sites for hydroxylation is 3. The van der Waals surface area contributed by atoms with Crippen LogP contribution in [0, 0.1) is 20.8 Å². The standard InChI is InChI=1S/C18H21BrN2O2/c1-12-9-13(2)17(14(3)10-12)21-18(22)20-7-8-23-16-6-4-5-15(19)11-16/h4-6,9-11H,7-8H2,1-3H3,(H2,20,21,22). The Kier molecular flexibility index (Phi) is 6.04. The molecule has 2 aromatic carbocycles. The van der Waals surface area contributed by atoms with Crippen molar-refractivity contribution in [1.82, 2.24) is 5.32 Å². The van der Waals surface area contributed by atoms with Gasteiger partial charge in [-0.1, -0.05) is 39.7 Å². The number of carbonyl (C=O) groups excluding carboxylic acids is 1. The van der Waals surface area contributed by atoms with Crippen molar-refractivity contribution in [3.63, 3.8) is 0 Å². The lowest BCUT2D eigenvalue weighted by molar-refractivity contribution is 0.247. The smallest absolute Gasteiger partial charge is 0.319 e. The fraction of sp³-hybridized carbons (Fsp3) is 0.278. The van der Waals surface area contributed by atoms with Crippen molar-refractivity contribution in [3.8, 4) is 5.75 Å². The highest BCUT2D eigenvalue weighted by Gasteiger charge is 2.07. The van der Waals surface area contributed by atoms with Gasteiger partial charge in [0.15, 0.2) is 0 Å². The van der Waals surface area contributed by atoms with E-state index in [4.69, 9.17) is 4.74 Å². The summed E-state index contributed by atoms with van der Waals surface area (Å²) < 4.78 is 6.54. The number of hydrogen-bond donors (Lipinski definition) is 2. The van der Waals surface area contributed by atoms with Crippen molar-refractivity contribution in [2.75, 3.05) is 18.5 Å². The Balaban J connectivity index is 1.80. The third-order valence-electron chi connectivity index (χ3n) is 3.37. The van der Waals surface area contributed by atoms with Crippen molar-refractivity contribution >= 4 is 27.6 Å². The molecule has 122 valence electrons. The second-order valence-corrected chi connectivity index (χ2v) is 6.38. The summed E-state index contributed by atoms with van der Waals surface area (Å²) in [5, 5.41) is 5.70. The van der Waals surface area contributed by atoms with Crippen molar-refractivity contribution in [2.24, 2.45) is 0 Å². The van der Waals surface area contributed by atoms with Gasteiger partial charge < -0.3 is 15.4 Å². The van der Waals surface area contributed by atoms with Gasteiger partial charge in [-0.3, -0.25) is 0 Å². The molecule has 0 saturated carbocycles. The van der Waals surface area contributed by atoms with Crippen LogP contribution in [0.3, 0.4) is 0 Å². The van der Waals surface area contributed by atoms with Crippen LogP contribution >= 0.6 is 15.9 Å². The zero-order chi connectivity index (χ0) is 16.8. The molecule has 2 aromatic rings. The molecule has 2 N–H and O–H groups in total. The summed E-state index contributed by atoms with van der Waals surface area (Å²) in [4.78, 5) is 12.0. The average Bonchev–Trinajstić information content (AvgIpc) is 2.47. The van der Waals surface area contributed by atoms with Crippen LogP contribution in [0.4, 0.5) is 10.5 Å². The molecule has 0 aliphatic rings. The van der Waals surface area contributed by atoms with Crippen LogP contribution in [0.25, 0.3) is 0 Å². The lowest BCUT2D eigenvalue weighted by atomic mass is 10.1. The number of ether oxygens (including phenoxy) is 1. The molecule has 0 radical (unpaired) electrons. The number of nitrogens with one attached hydrogen (secondary N) is 2. The minimum atomic E-state index is -0.224. The maximum Gasteiger partial charge on any atom is 0.319 e. The highest BCUT2D eigenvalue weighted by Crippen LogP contribution is 2.21. The topological polar surface area (TPSA) is 50.4 Å². The van der Waals surface area contributed by atoms with Crippen molar-refractivity contribution < 1.29 is 9.53 Å². The van der Waals surface area contributed by atoms with E-state index in [-0.39, 0.29) is 6.03 Å². The number of amides is 2. The predicted octanol–water partition coefficient (Wildman–Crippen LogP) is 4.57. The number of hydrogen-bond acceptors (Lipinski definition) is 2. The predicted molar refractivity (Wildman–Crippen MR) is 97.3 cm³/mol. The van der Waals surface area contributed by atoms with E-state index >= 15 is 0 Å². The van der Waals surface area contributed by atoms with Gasteiger partial charge in [0.05, 0.1) is 6.54 Å². The maximum absolute atomic E-state index is 12.0. The first kappa shape index (κ1) is 17.3. The Labute approximate surface area is 145 Å². The molecule has 2 amide bonds. The molecule has 4 nitrogen and oxygen atoms in total. The molecule has 0 heterocycles. The van der Waals surface area contributed by atoms with E-state index in [0.29, 0.717) is 13.2 Å². The van der Waals surface area contributed by atoms with Crippen molar-refractivity contribution in [2.45, 2.75) is 20.8 Å². The number of benzene rings is 2. The number of carbonyl (C=O) groups is 1. The molecule has 0 aliphatic heterocycles. The van der Waals surface area contributed by atoms with E-state index in [9.17, 15) is 4.79 Å². The van der Waals surface area contributed by atoms with Gasteiger partial charge in [-0.15, -0.1) is 0 Å². The van der Waals surface area contributed by atoms with Gasteiger partial charge in [0.1, 0.15) is 12.4 Å². The minimum absolute atomic E-state index is 0.224. The number of urea groups is 1. The fourth-order valence-electron chi connectivity index (χ4n) is 2.43. The van der Waals surface area contributed by atoms with Crippen LogP contribution < -0.4 is 15.4 Å². The first-order chi connectivity index (χ1) is 11.0. The highest BCUT2D eigenvalue weighted by atomic mass is 79.9. The lowest BCUT2D eigenvalue weighted by Gasteiger charge is -2.14. The zero-order valence-corrected chi connectivity index (χ0v) is 15.2. The Bertz CT molecular complexity index is 678. The van der Waals surface area contributed by atoms with Crippen molar-refractivity contribution in [3.05, 3.63) is 57.6 Å². The van der Waals surface area contributed by atoms with Gasteiger partial charge in [-0.2, -0.15) is 0 Å². The molecule has 0 atom stereocenters. The van der Waals surface area contributed by atoms with Gasteiger partial charge in [0.2, 0.25) is 0 Å². The normalized spacial score (nSPS) is 10.3. The Morgan fingerprint density at radius 2 is 1.83 bits per heavy atom. The van der Waals surface area contributed by atoms with Gasteiger partial charge >= 0.3 is 6.03 Å². The Hall–Kier alpha value is -2.01. The largest absolute Gasteiger partial charge is 0.492 e. The molecule has 2 rings (SSSR count). The van der Waals surface area contributed by atoms with Gasteiger partial charge in [0.25, 0.3) is 0 Å². The number of rotatable bonds is 5. The van der Waals surface area contributed by atoms with Crippen LogP contribution in [0.15, 0.2) is 40.9 Å². The Morgan fingerprint density at radius 1 is 1.13 bits per heavy atom. The van der Waals surface area contributed by atoms with Crippen LogP contribution in [0.2, 0.25) is 0 Å². The van der Waals surface area contributed by atoms with Crippen LogP contribution in [0.5, 0.6) is 5.75 Å². The van der Waals surface area contributed by atoms with E-state index < -0.39 is 0 Å². The van der Waals surface area contributed by atoms with Crippen LogP contribution in [-0.4, -0.2) is 19.2 Å². The summed E-state index contributed by atoms with van der Waals surface area (Å²) in [6, 6.07) is 11.5. The third kappa shape index (κ3) is 5.28. The summed E-state index contributed by atoms with van der Waals surface area (Å²) in [7, 11) is 0. The first-order valence-electron chi connectivity index (χ1n) is 7.47. The molecule has 0 aromatic heterocycles. The third-order valence-corrected chi connectivity index (χ3v) is 3.86. The SMILES string of the molecule is Cc1cc(C)c(NC(=O)NCCOc2cccc(Br)c2)c(C)c1. The van der Waals surface area contributed by atoms with Crippen LogP contribution in [0.1, 0.15) is 16.7 Å². The van der Waals surface area contributed by atoms with Gasteiger partial charge in [0, 0.05) is 10.2 Å². The monoisotopic (exact) mass is 376 g/mol. The summed E-state index contributed by atoms with van der Waals surface area (Å²) in [5.74, 6) is 0.770. The molecule has 5 heteroatoms. The number of anilines is 1. The second kappa shape index (κ2) is 8.02. The zero-order valence-electron chi connectivity index (χ0n) is 13.6. The quantitative estimate of drug-likeness (QED) is 0.750. The van der Waals surface area contributed by atoms with E-state index in [2.05, 4.69) is 38.7 Å². The summed E-state index contributed by atoms with van der Waals surface area (Å²) >= 11 is 3.39. The molecule has 0 aliphatic carbocycles. The van der Waals surface area contributed by atoms with E-state index in [1.54, 1.807) is 0 Å². The van der Waals surface area contributed by atoms with Gasteiger partial charge in [-0.05, 0) is 50.1 Å². The molecule has 0 spiro atoms. The minimum Gasteiger partial charge on any atom is -0.492 e. The molecule has 0 unspecified atom stereocenters. The summed E-state index contributed by atoms with van der Waals surface area (Å²) in [6.45, 7) is 6.87. The van der Waals surface area contributed by atoms with Gasteiger partial charge in [-0.25, -0.2) is 4.79 Å². The van der Waals surface area contributed by atoms with Crippen LogP contribution in [-0.2, 0) is 0 Å². The molecule has 0 fully saturated rings. The maximum atomic E-state index is 12.0. The number of halogens is 1. The molecule has 0 saturated heterocycles. The summed E-state index contributed by atoms with van der Waals surface area (Å²) in [5.41, 5.74) is 4.17. The molecular weight excluding hydrogens is 356 g/mol. The second-order valence-electron chi connectivity index (χ2n) is 5.46. The fourth-order valence-corrected chi connectivity index (χ4v) is 2.80.